The molecule has 2 heteroatoms. The first-order valence-corrected chi connectivity index (χ1v) is 3.74. The SMILES string of the molecule is C.c1ccc(OCC2CO2)cc1. The van der Waals surface area contributed by atoms with Crippen molar-refractivity contribution in [3.8, 4) is 5.75 Å². The zero-order chi connectivity index (χ0) is 7.52. The lowest BCUT2D eigenvalue weighted by Gasteiger charge is -2.01. The van der Waals surface area contributed by atoms with Crippen LogP contribution in [0.4, 0.5) is 0 Å². The van der Waals surface area contributed by atoms with Crippen LogP contribution >= 0.6 is 0 Å². The van der Waals surface area contributed by atoms with E-state index >= 15 is 0 Å². The highest BCUT2D eigenvalue weighted by Crippen LogP contribution is 2.13. The first-order valence-electron chi connectivity index (χ1n) is 3.74. The molecular weight excluding hydrogens is 152 g/mol. The van der Waals surface area contributed by atoms with Crippen molar-refractivity contribution < 1.29 is 9.47 Å². The quantitative estimate of drug-likeness (QED) is 0.641. The van der Waals surface area contributed by atoms with Crippen molar-refractivity contribution in [3.63, 3.8) is 0 Å². The van der Waals surface area contributed by atoms with Crippen molar-refractivity contribution in [2.45, 2.75) is 13.5 Å². The van der Waals surface area contributed by atoms with Gasteiger partial charge in [-0.2, -0.15) is 0 Å². The summed E-state index contributed by atoms with van der Waals surface area (Å²) in [6.07, 6.45) is 0.343. The summed E-state index contributed by atoms with van der Waals surface area (Å²) < 4.78 is 10.4. The maximum atomic E-state index is 5.40. The highest BCUT2D eigenvalue weighted by atomic mass is 16.6. The van der Waals surface area contributed by atoms with Crippen LogP contribution in [0.15, 0.2) is 30.3 Å². The molecule has 0 aromatic heterocycles. The van der Waals surface area contributed by atoms with Crippen molar-refractivity contribution in [3.05, 3.63) is 30.3 Å². The zero-order valence-electron chi connectivity index (χ0n) is 6.19. The van der Waals surface area contributed by atoms with Gasteiger partial charge in [-0.15, -0.1) is 0 Å². The molecule has 0 radical (unpaired) electrons. The van der Waals surface area contributed by atoms with Crippen molar-refractivity contribution >= 4 is 0 Å². The van der Waals surface area contributed by atoms with E-state index in [-0.39, 0.29) is 7.43 Å². The molecule has 0 saturated carbocycles. The first-order chi connectivity index (χ1) is 5.45. The number of epoxide rings is 1. The Morgan fingerprint density at radius 2 is 2.00 bits per heavy atom. The third-order valence-electron chi connectivity index (χ3n) is 1.58. The number of ether oxygens (including phenoxy) is 2. The van der Waals surface area contributed by atoms with Crippen molar-refractivity contribution in [2.24, 2.45) is 0 Å². The van der Waals surface area contributed by atoms with Gasteiger partial charge in [-0.25, -0.2) is 0 Å². The second-order valence-electron chi connectivity index (χ2n) is 2.58. The molecule has 0 aliphatic carbocycles. The molecule has 1 heterocycles. The number of hydrogen-bond donors (Lipinski definition) is 0. The fourth-order valence-corrected chi connectivity index (χ4v) is 0.870. The van der Waals surface area contributed by atoms with Crippen LogP contribution in [0.3, 0.4) is 0 Å². The second kappa shape index (κ2) is 4.12. The lowest BCUT2D eigenvalue weighted by atomic mass is 10.3. The van der Waals surface area contributed by atoms with Crippen LogP contribution in [0.5, 0.6) is 5.75 Å². The largest absolute Gasteiger partial charge is 0.491 e. The predicted octanol–water partition coefficient (Wildman–Crippen LogP) is 2.10. The topological polar surface area (TPSA) is 21.8 Å². The van der Waals surface area contributed by atoms with Crippen molar-refractivity contribution in [2.75, 3.05) is 13.2 Å². The molecule has 1 aromatic carbocycles. The molecule has 1 fully saturated rings. The van der Waals surface area contributed by atoms with E-state index in [9.17, 15) is 0 Å². The van der Waals surface area contributed by atoms with E-state index in [1.807, 2.05) is 30.3 Å². The summed E-state index contributed by atoms with van der Waals surface area (Å²) in [5, 5.41) is 0. The summed E-state index contributed by atoms with van der Waals surface area (Å²) in [5.41, 5.74) is 0. The maximum Gasteiger partial charge on any atom is 0.119 e. The Labute approximate surface area is 73.1 Å². The van der Waals surface area contributed by atoms with Crippen LogP contribution in [-0.2, 0) is 4.74 Å². The Balaban J connectivity index is 0.000000720. The minimum absolute atomic E-state index is 0. The van der Waals surface area contributed by atoms with Gasteiger partial charge in [-0.05, 0) is 12.1 Å². The van der Waals surface area contributed by atoms with Crippen LogP contribution in [0.25, 0.3) is 0 Å². The number of benzene rings is 1. The van der Waals surface area contributed by atoms with Gasteiger partial charge >= 0.3 is 0 Å². The van der Waals surface area contributed by atoms with Gasteiger partial charge in [-0.3, -0.25) is 0 Å². The summed E-state index contributed by atoms with van der Waals surface area (Å²) in [5.74, 6) is 0.919. The van der Waals surface area contributed by atoms with E-state index in [4.69, 9.17) is 9.47 Å². The molecule has 0 N–H and O–H groups in total. The molecule has 1 aliphatic heterocycles. The van der Waals surface area contributed by atoms with Gasteiger partial charge in [0.25, 0.3) is 0 Å². The Bertz CT molecular complexity index is 217. The molecule has 1 aliphatic rings. The first kappa shape index (κ1) is 9.07. The minimum atomic E-state index is 0. The molecule has 2 nitrogen and oxygen atoms in total. The molecule has 0 amide bonds. The van der Waals surface area contributed by atoms with E-state index in [0.29, 0.717) is 12.7 Å². The second-order valence-corrected chi connectivity index (χ2v) is 2.58. The van der Waals surface area contributed by atoms with Crippen LogP contribution in [-0.4, -0.2) is 19.3 Å². The van der Waals surface area contributed by atoms with Gasteiger partial charge in [0.15, 0.2) is 0 Å². The Morgan fingerprint density at radius 3 is 2.58 bits per heavy atom. The summed E-state index contributed by atoms with van der Waals surface area (Å²) >= 11 is 0. The monoisotopic (exact) mass is 166 g/mol. The highest BCUT2D eigenvalue weighted by Gasteiger charge is 2.22. The van der Waals surface area contributed by atoms with E-state index < -0.39 is 0 Å². The van der Waals surface area contributed by atoms with E-state index in [1.54, 1.807) is 0 Å². The normalized spacial score (nSPS) is 19.5. The molecule has 0 spiro atoms. The van der Waals surface area contributed by atoms with E-state index in [1.165, 1.54) is 0 Å². The van der Waals surface area contributed by atoms with Crippen LogP contribution in [0.1, 0.15) is 7.43 Å². The molecule has 1 atom stereocenters. The number of para-hydroxylation sites is 1. The average molecular weight is 166 g/mol. The van der Waals surface area contributed by atoms with Gasteiger partial charge < -0.3 is 9.47 Å². The highest BCUT2D eigenvalue weighted by molar-refractivity contribution is 5.20. The minimum Gasteiger partial charge on any atom is -0.491 e. The van der Waals surface area contributed by atoms with Gasteiger partial charge in [0.2, 0.25) is 0 Å². The van der Waals surface area contributed by atoms with Gasteiger partial charge in [0.05, 0.1) is 6.61 Å². The fraction of sp³-hybridized carbons (Fsp3) is 0.400. The molecular formula is C10H14O2. The maximum absolute atomic E-state index is 5.40. The van der Waals surface area contributed by atoms with Gasteiger partial charge in [0, 0.05) is 0 Å². The molecule has 1 aromatic rings. The lowest BCUT2D eigenvalue weighted by molar-refractivity contribution is 0.263. The zero-order valence-corrected chi connectivity index (χ0v) is 6.19. The third kappa shape index (κ3) is 2.55. The Morgan fingerprint density at radius 1 is 1.33 bits per heavy atom. The van der Waals surface area contributed by atoms with E-state index in [0.717, 1.165) is 12.4 Å². The fourth-order valence-electron chi connectivity index (χ4n) is 0.870. The summed E-state index contributed by atoms with van der Waals surface area (Å²) in [6.45, 7) is 1.54. The van der Waals surface area contributed by atoms with Crippen LogP contribution < -0.4 is 4.74 Å². The average Bonchev–Trinajstić information content (AvgIpc) is 2.86. The van der Waals surface area contributed by atoms with E-state index in [2.05, 4.69) is 0 Å². The Kier molecular flexibility index (Phi) is 3.11. The number of hydrogen-bond acceptors (Lipinski definition) is 2. The summed E-state index contributed by atoms with van der Waals surface area (Å²) in [4.78, 5) is 0. The molecule has 66 valence electrons. The molecule has 1 saturated heterocycles. The predicted molar refractivity (Wildman–Crippen MR) is 48.4 cm³/mol. The lowest BCUT2D eigenvalue weighted by Crippen LogP contribution is -2.03. The van der Waals surface area contributed by atoms with Crippen molar-refractivity contribution in [1.29, 1.82) is 0 Å². The summed E-state index contributed by atoms with van der Waals surface area (Å²) in [7, 11) is 0. The van der Waals surface area contributed by atoms with Gasteiger partial charge in [0.1, 0.15) is 18.5 Å². The Hall–Kier alpha value is -1.02. The molecule has 1 unspecified atom stereocenters. The standard InChI is InChI=1S/C9H10O2.CH4/c1-2-4-8(5-3-1)10-6-9-7-11-9;/h1-5,9H,6-7H2;1H4. The molecule has 12 heavy (non-hydrogen) atoms. The molecule has 2 rings (SSSR count). The number of rotatable bonds is 3. The smallest absolute Gasteiger partial charge is 0.119 e. The van der Waals surface area contributed by atoms with Gasteiger partial charge in [-0.1, -0.05) is 25.6 Å². The third-order valence-corrected chi connectivity index (χ3v) is 1.58. The van der Waals surface area contributed by atoms with Crippen LogP contribution in [0.2, 0.25) is 0 Å². The summed E-state index contributed by atoms with van der Waals surface area (Å²) in [6, 6.07) is 9.79. The van der Waals surface area contributed by atoms with Crippen molar-refractivity contribution in [1.82, 2.24) is 0 Å². The molecule has 0 bridgehead atoms. The van der Waals surface area contributed by atoms with Crippen LogP contribution in [0, 0.1) is 0 Å².